The molecule has 0 saturated heterocycles. The van der Waals surface area contributed by atoms with Crippen LogP contribution < -0.4 is 0 Å². The van der Waals surface area contributed by atoms with Gasteiger partial charge in [0.05, 0.1) is 11.4 Å². The lowest BCUT2D eigenvalue weighted by atomic mass is 10.1. The van der Waals surface area contributed by atoms with E-state index in [1.165, 1.54) is 0 Å². The number of aryl methyl sites for hydroxylation is 3. The number of pyridine rings is 1. The van der Waals surface area contributed by atoms with Crippen LogP contribution in [0.5, 0.6) is 0 Å². The molecular weight excluding hydrogens is 250 g/mol. The SMILES string of the molecule is Cc1ccnc(C(O)Cc2c(C)nn(C)c2Cl)c1. The molecule has 0 radical (unpaired) electrons. The summed E-state index contributed by atoms with van der Waals surface area (Å²) in [5, 5.41) is 15.0. The van der Waals surface area contributed by atoms with Crippen molar-refractivity contribution in [1.29, 1.82) is 0 Å². The van der Waals surface area contributed by atoms with Crippen LogP contribution in [0.25, 0.3) is 0 Å². The number of hydrogen-bond acceptors (Lipinski definition) is 3. The Kier molecular flexibility index (Phi) is 3.68. The van der Waals surface area contributed by atoms with E-state index in [0.29, 0.717) is 17.3 Å². The molecule has 1 atom stereocenters. The minimum Gasteiger partial charge on any atom is -0.386 e. The molecule has 0 saturated carbocycles. The molecule has 1 N–H and O–H groups in total. The van der Waals surface area contributed by atoms with Crippen molar-refractivity contribution in [3.63, 3.8) is 0 Å². The lowest BCUT2D eigenvalue weighted by molar-refractivity contribution is 0.173. The highest BCUT2D eigenvalue weighted by atomic mass is 35.5. The third-order valence-electron chi connectivity index (χ3n) is 2.95. The lowest BCUT2D eigenvalue weighted by Crippen LogP contribution is -2.05. The maximum Gasteiger partial charge on any atom is 0.130 e. The average Bonchev–Trinajstić information content (AvgIpc) is 2.56. The first-order chi connectivity index (χ1) is 8.49. The maximum absolute atomic E-state index is 10.2. The lowest BCUT2D eigenvalue weighted by Gasteiger charge is -2.10. The van der Waals surface area contributed by atoms with Crippen molar-refractivity contribution in [2.45, 2.75) is 26.4 Å². The zero-order valence-electron chi connectivity index (χ0n) is 10.7. The van der Waals surface area contributed by atoms with Gasteiger partial charge in [0.15, 0.2) is 0 Å². The van der Waals surface area contributed by atoms with Crippen molar-refractivity contribution in [3.05, 3.63) is 46.0 Å². The summed E-state index contributed by atoms with van der Waals surface area (Å²) in [6.45, 7) is 3.86. The Hall–Kier alpha value is -1.39. The Morgan fingerprint density at radius 2 is 2.17 bits per heavy atom. The van der Waals surface area contributed by atoms with E-state index in [2.05, 4.69) is 10.1 Å². The summed E-state index contributed by atoms with van der Waals surface area (Å²) in [6.07, 6.45) is 1.46. The highest BCUT2D eigenvalue weighted by molar-refractivity contribution is 6.30. The summed E-state index contributed by atoms with van der Waals surface area (Å²) < 4.78 is 1.61. The molecule has 0 aliphatic heterocycles. The van der Waals surface area contributed by atoms with Crippen LogP contribution in [0.2, 0.25) is 5.15 Å². The molecule has 5 heteroatoms. The van der Waals surface area contributed by atoms with Crippen molar-refractivity contribution < 1.29 is 5.11 Å². The molecule has 0 fully saturated rings. The fraction of sp³-hybridized carbons (Fsp3) is 0.385. The van der Waals surface area contributed by atoms with Crippen molar-refractivity contribution in [2.24, 2.45) is 7.05 Å². The van der Waals surface area contributed by atoms with E-state index in [9.17, 15) is 5.11 Å². The van der Waals surface area contributed by atoms with E-state index in [4.69, 9.17) is 11.6 Å². The summed E-state index contributed by atoms with van der Waals surface area (Å²) in [5.74, 6) is 0. The first kappa shape index (κ1) is 13.1. The van der Waals surface area contributed by atoms with Crippen molar-refractivity contribution in [2.75, 3.05) is 0 Å². The zero-order chi connectivity index (χ0) is 13.3. The van der Waals surface area contributed by atoms with Crippen LogP contribution in [0.3, 0.4) is 0 Å². The summed E-state index contributed by atoms with van der Waals surface area (Å²) in [6, 6.07) is 3.78. The average molecular weight is 266 g/mol. The van der Waals surface area contributed by atoms with Gasteiger partial charge in [0, 0.05) is 25.2 Å². The minimum atomic E-state index is -0.662. The molecule has 0 spiro atoms. The molecule has 0 aliphatic rings. The quantitative estimate of drug-likeness (QED) is 0.927. The molecule has 0 bridgehead atoms. The fourth-order valence-electron chi connectivity index (χ4n) is 1.95. The molecule has 2 rings (SSSR count). The molecule has 0 aliphatic carbocycles. The molecule has 18 heavy (non-hydrogen) atoms. The Labute approximate surface area is 111 Å². The van der Waals surface area contributed by atoms with Gasteiger partial charge in [-0.15, -0.1) is 0 Å². The van der Waals surface area contributed by atoms with Crippen LogP contribution in [0.1, 0.15) is 28.6 Å². The van der Waals surface area contributed by atoms with Gasteiger partial charge in [-0.1, -0.05) is 11.6 Å². The Bertz CT molecular complexity index is 565. The molecule has 0 amide bonds. The third kappa shape index (κ3) is 2.54. The van der Waals surface area contributed by atoms with Gasteiger partial charge < -0.3 is 5.11 Å². The molecule has 2 heterocycles. The highest BCUT2D eigenvalue weighted by Gasteiger charge is 2.17. The van der Waals surface area contributed by atoms with Crippen LogP contribution in [0.15, 0.2) is 18.3 Å². The van der Waals surface area contributed by atoms with Crippen molar-refractivity contribution in [3.8, 4) is 0 Å². The minimum absolute atomic E-state index is 0.426. The number of hydrogen-bond donors (Lipinski definition) is 1. The van der Waals surface area contributed by atoms with Crippen molar-refractivity contribution >= 4 is 11.6 Å². The van der Waals surface area contributed by atoms with Gasteiger partial charge >= 0.3 is 0 Å². The van der Waals surface area contributed by atoms with Crippen LogP contribution in [0, 0.1) is 13.8 Å². The van der Waals surface area contributed by atoms with Gasteiger partial charge in [0.2, 0.25) is 0 Å². The Morgan fingerprint density at radius 1 is 1.44 bits per heavy atom. The van der Waals surface area contributed by atoms with E-state index in [-0.39, 0.29) is 0 Å². The van der Waals surface area contributed by atoms with E-state index >= 15 is 0 Å². The van der Waals surface area contributed by atoms with E-state index in [0.717, 1.165) is 16.8 Å². The molecule has 96 valence electrons. The van der Waals surface area contributed by atoms with Gasteiger partial charge in [-0.25, -0.2) is 0 Å². The summed E-state index contributed by atoms with van der Waals surface area (Å²) in [7, 11) is 1.79. The largest absolute Gasteiger partial charge is 0.386 e. The first-order valence-electron chi connectivity index (χ1n) is 5.77. The van der Waals surface area contributed by atoms with E-state index in [1.54, 1.807) is 17.9 Å². The molecule has 2 aromatic rings. The second kappa shape index (κ2) is 5.08. The smallest absolute Gasteiger partial charge is 0.130 e. The number of rotatable bonds is 3. The third-order valence-corrected chi connectivity index (χ3v) is 3.42. The van der Waals surface area contributed by atoms with Gasteiger partial charge in [-0.05, 0) is 31.5 Å². The normalized spacial score (nSPS) is 12.7. The van der Waals surface area contributed by atoms with Crippen molar-refractivity contribution in [1.82, 2.24) is 14.8 Å². The second-order valence-electron chi connectivity index (χ2n) is 4.46. The van der Waals surface area contributed by atoms with Crippen LogP contribution in [-0.4, -0.2) is 19.9 Å². The predicted octanol–water partition coefficient (Wildman–Crippen LogP) is 2.36. The molecule has 2 aromatic heterocycles. The number of aliphatic hydroxyl groups is 1. The summed E-state index contributed by atoms with van der Waals surface area (Å²) in [4.78, 5) is 4.18. The molecule has 4 nitrogen and oxygen atoms in total. The van der Waals surface area contributed by atoms with Crippen LogP contribution >= 0.6 is 11.6 Å². The maximum atomic E-state index is 10.2. The number of nitrogens with zero attached hydrogens (tertiary/aromatic N) is 3. The second-order valence-corrected chi connectivity index (χ2v) is 4.81. The standard InChI is InChI=1S/C13H16ClN3O/c1-8-4-5-15-11(6-8)12(18)7-10-9(2)16-17(3)13(10)14/h4-6,12,18H,7H2,1-3H3. The molecule has 1 unspecified atom stereocenters. The predicted molar refractivity (Wildman–Crippen MR) is 70.6 cm³/mol. The topological polar surface area (TPSA) is 50.9 Å². The Balaban J connectivity index is 2.24. The molecule has 0 aromatic carbocycles. The van der Waals surface area contributed by atoms with Gasteiger partial charge in [-0.2, -0.15) is 5.10 Å². The number of aromatic nitrogens is 3. The van der Waals surface area contributed by atoms with Crippen LogP contribution in [-0.2, 0) is 13.5 Å². The summed E-state index contributed by atoms with van der Waals surface area (Å²) >= 11 is 6.15. The highest BCUT2D eigenvalue weighted by Crippen LogP contribution is 2.25. The van der Waals surface area contributed by atoms with Crippen LogP contribution in [0.4, 0.5) is 0 Å². The zero-order valence-corrected chi connectivity index (χ0v) is 11.4. The van der Waals surface area contributed by atoms with E-state index < -0.39 is 6.10 Å². The first-order valence-corrected chi connectivity index (χ1v) is 6.15. The van der Waals surface area contributed by atoms with Gasteiger partial charge in [0.25, 0.3) is 0 Å². The van der Waals surface area contributed by atoms with Gasteiger partial charge in [0.1, 0.15) is 11.3 Å². The fourth-order valence-corrected chi connectivity index (χ4v) is 2.20. The number of aliphatic hydroxyl groups excluding tert-OH is 1. The molecular formula is C13H16ClN3O. The van der Waals surface area contributed by atoms with Gasteiger partial charge in [-0.3, -0.25) is 9.67 Å². The Morgan fingerprint density at radius 3 is 2.72 bits per heavy atom. The monoisotopic (exact) mass is 265 g/mol. The summed E-state index contributed by atoms with van der Waals surface area (Å²) in [5.41, 5.74) is 3.45. The number of halogens is 1. The van der Waals surface area contributed by atoms with E-state index in [1.807, 2.05) is 26.0 Å².